The van der Waals surface area contributed by atoms with Crippen LogP contribution in [0.2, 0.25) is 5.02 Å². The van der Waals surface area contributed by atoms with Crippen molar-refractivity contribution in [2.75, 3.05) is 5.32 Å². The van der Waals surface area contributed by atoms with Crippen LogP contribution in [0.25, 0.3) is 0 Å². The van der Waals surface area contributed by atoms with Crippen LogP contribution in [-0.4, -0.2) is 21.0 Å². The number of halogens is 1. The highest BCUT2D eigenvalue weighted by atomic mass is 35.5. The summed E-state index contributed by atoms with van der Waals surface area (Å²) in [6, 6.07) is 6.53. The van der Waals surface area contributed by atoms with E-state index >= 15 is 0 Å². The minimum absolute atomic E-state index is 0.162. The number of carboxylic acids is 1. The van der Waals surface area contributed by atoms with Crippen LogP contribution in [0.4, 0.5) is 11.6 Å². The maximum Gasteiger partial charge on any atom is 0.305 e. The van der Waals surface area contributed by atoms with Gasteiger partial charge in [-0.1, -0.05) is 17.7 Å². The fraction of sp³-hybridized carbons (Fsp3) is 0.154. The molecule has 6 nitrogen and oxygen atoms in total. The van der Waals surface area contributed by atoms with Gasteiger partial charge in [0.15, 0.2) is 0 Å². The third-order valence-electron chi connectivity index (χ3n) is 2.58. The molecule has 0 fully saturated rings. The van der Waals surface area contributed by atoms with E-state index in [1.807, 2.05) is 12.1 Å². The summed E-state index contributed by atoms with van der Waals surface area (Å²) in [7, 11) is 0. The highest BCUT2D eigenvalue weighted by molar-refractivity contribution is 6.30. The Labute approximate surface area is 120 Å². The number of hydrogen-bond donors (Lipinski definition) is 3. The molecule has 0 aliphatic heterocycles. The summed E-state index contributed by atoms with van der Waals surface area (Å²) in [5.74, 6) is -0.572. The Balaban J connectivity index is 2.06. The van der Waals surface area contributed by atoms with E-state index in [9.17, 15) is 4.79 Å². The molecule has 0 bridgehead atoms. The van der Waals surface area contributed by atoms with Crippen LogP contribution in [-0.2, 0) is 4.79 Å². The Morgan fingerprint density at radius 3 is 2.70 bits per heavy atom. The average Bonchev–Trinajstić information content (AvgIpc) is 2.38. The number of hydrogen-bond acceptors (Lipinski definition) is 5. The highest BCUT2D eigenvalue weighted by Crippen LogP contribution is 2.18. The first-order valence-electron chi connectivity index (χ1n) is 5.86. The monoisotopic (exact) mass is 292 g/mol. The van der Waals surface area contributed by atoms with Gasteiger partial charge in [0.1, 0.15) is 0 Å². The van der Waals surface area contributed by atoms with E-state index < -0.39 is 12.0 Å². The number of nitrogens with zero attached hydrogens (tertiary/aromatic N) is 2. The number of carbonyl (C=O) groups is 1. The standard InChI is InChI=1S/C13H13ClN4O2/c14-9-2-1-3-10(4-9)18-13-16-6-8(7-17-13)11(15)5-12(19)20/h1-4,6-7,11H,5,15H2,(H,19,20)(H,16,17,18)/t11-/m1/s1. The Morgan fingerprint density at radius 1 is 1.40 bits per heavy atom. The second kappa shape index (κ2) is 6.31. The third kappa shape index (κ3) is 3.91. The molecule has 7 heteroatoms. The lowest BCUT2D eigenvalue weighted by molar-refractivity contribution is -0.137. The van der Waals surface area contributed by atoms with E-state index in [-0.39, 0.29) is 6.42 Å². The number of rotatable bonds is 5. The van der Waals surface area contributed by atoms with E-state index in [0.29, 0.717) is 16.5 Å². The van der Waals surface area contributed by atoms with E-state index in [4.69, 9.17) is 22.4 Å². The van der Waals surface area contributed by atoms with Gasteiger partial charge in [-0.15, -0.1) is 0 Å². The van der Waals surface area contributed by atoms with Crippen molar-refractivity contribution in [1.29, 1.82) is 0 Å². The molecule has 0 aliphatic carbocycles. The van der Waals surface area contributed by atoms with Gasteiger partial charge in [0.25, 0.3) is 0 Å². The SMILES string of the molecule is N[C@H](CC(=O)O)c1cnc(Nc2cccc(Cl)c2)nc1. The zero-order valence-electron chi connectivity index (χ0n) is 10.5. The van der Waals surface area contributed by atoms with Crippen LogP contribution in [0.15, 0.2) is 36.7 Å². The number of nitrogens with one attached hydrogen (secondary N) is 1. The molecular formula is C13H13ClN4O2. The quantitative estimate of drug-likeness (QED) is 0.782. The minimum Gasteiger partial charge on any atom is -0.481 e. The molecule has 1 aromatic heterocycles. The first-order valence-corrected chi connectivity index (χ1v) is 6.24. The van der Waals surface area contributed by atoms with E-state index in [1.165, 1.54) is 12.4 Å². The third-order valence-corrected chi connectivity index (χ3v) is 2.81. The molecule has 1 aromatic carbocycles. The highest BCUT2D eigenvalue weighted by Gasteiger charge is 2.11. The molecule has 104 valence electrons. The lowest BCUT2D eigenvalue weighted by Gasteiger charge is -2.09. The van der Waals surface area contributed by atoms with Crippen LogP contribution in [0.5, 0.6) is 0 Å². The predicted octanol–water partition coefficient (Wildman–Crippen LogP) is 2.35. The van der Waals surface area contributed by atoms with Gasteiger partial charge in [-0.25, -0.2) is 9.97 Å². The van der Waals surface area contributed by atoms with Crippen LogP contribution in [0.3, 0.4) is 0 Å². The van der Waals surface area contributed by atoms with E-state index in [0.717, 1.165) is 5.69 Å². The molecule has 0 saturated carbocycles. The molecule has 0 aliphatic rings. The van der Waals surface area contributed by atoms with Crippen molar-refractivity contribution in [3.63, 3.8) is 0 Å². The van der Waals surface area contributed by atoms with Crippen molar-refractivity contribution in [2.24, 2.45) is 5.73 Å². The van der Waals surface area contributed by atoms with Crippen molar-refractivity contribution in [2.45, 2.75) is 12.5 Å². The molecule has 0 saturated heterocycles. The molecule has 2 aromatic rings. The second-order valence-electron chi connectivity index (χ2n) is 4.18. The summed E-state index contributed by atoms with van der Waals surface area (Å²) >= 11 is 5.87. The average molecular weight is 293 g/mol. The van der Waals surface area contributed by atoms with Gasteiger partial charge in [0.05, 0.1) is 6.42 Å². The molecular weight excluding hydrogens is 280 g/mol. The van der Waals surface area contributed by atoms with Crippen molar-refractivity contribution < 1.29 is 9.90 Å². The molecule has 0 amide bonds. The molecule has 1 heterocycles. The van der Waals surface area contributed by atoms with Crippen molar-refractivity contribution in [3.05, 3.63) is 47.2 Å². The Hall–Kier alpha value is -2.18. The zero-order valence-corrected chi connectivity index (χ0v) is 11.2. The summed E-state index contributed by atoms with van der Waals surface area (Å²) in [5, 5.41) is 12.3. The maximum absolute atomic E-state index is 10.6. The number of aromatic nitrogens is 2. The molecule has 20 heavy (non-hydrogen) atoms. The van der Waals surface area contributed by atoms with Gasteiger partial charge >= 0.3 is 5.97 Å². The van der Waals surface area contributed by atoms with Gasteiger partial charge in [-0.3, -0.25) is 4.79 Å². The molecule has 4 N–H and O–H groups in total. The van der Waals surface area contributed by atoms with Crippen LogP contribution in [0.1, 0.15) is 18.0 Å². The van der Waals surface area contributed by atoms with Crippen LogP contribution >= 0.6 is 11.6 Å². The van der Waals surface area contributed by atoms with E-state index in [1.54, 1.807) is 12.1 Å². The minimum atomic E-state index is -0.960. The Kier molecular flexibility index (Phi) is 4.49. The van der Waals surface area contributed by atoms with Crippen LogP contribution in [0, 0.1) is 0 Å². The normalized spacial score (nSPS) is 11.9. The fourth-order valence-electron chi connectivity index (χ4n) is 1.60. The molecule has 0 spiro atoms. The Morgan fingerprint density at radius 2 is 2.10 bits per heavy atom. The number of aliphatic carboxylic acids is 1. The molecule has 1 atom stereocenters. The molecule has 0 unspecified atom stereocenters. The van der Waals surface area contributed by atoms with Gasteiger partial charge in [0.2, 0.25) is 5.95 Å². The largest absolute Gasteiger partial charge is 0.481 e. The second-order valence-corrected chi connectivity index (χ2v) is 4.62. The van der Waals surface area contributed by atoms with Crippen molar-refractivity contribution in [3.8, 4) is 0 Å². The van der Waals surface area contributed by atoms with Crippen LogP contribution < -0.4 is 11.1 Å². The molecule has 0 radical (unpaired) electrons. The van der Waals surface area contributed by atoms with Gasteiger partial charge < -0.3 is 16.2 Å². The number of benzene rings is 1. The summed E-state index contributed by atoms with van der Waals surface area (Å²) in [6.45, 7) is 0. The van der Waals surface area contributed by atoms with Gasteiger partial charge in [-0.2, -0.15) is 0 Å². The smallest absolute Gasteiger partial charge is 0.305 e. The summed E-state index contributed by atoms with van der Waals surface area (Å²) in [5.41, 5.74) is 7.06. The van der Waals surface area contributed by atoms with Crippen molar-refractivity contribution in [1.82, 2.24) is 9.97 Å². The Bertz CT molecular complexity index is 604. The van der Waals surface area contributed by atoms with Gasteiger partial charge in [0, 0.05) is 34.7 Å². The number of anilines is 2. The van der Waals surface area contributed by atoms with E-state index in [2.05, 4.69) is 15.3 Å². The lowest BCUT2D eigenvalue weighted by atomic mass is 10.1. The summed E-state index contributed by atoms with van der Waals surface area (Å²) in [6.07, 6.45) is 2.85. The van der Waals surface area contributed by atoms with Gasteiger partial charge in [-0.05, 0) is 18.2 Å². The first kappa shape index (κ1) is 14.2. The maximum atomic E-state index is 10.6. The summed E-state index contributed by atoms with van der Waals surface area (Å²) in [4.78, 5) is 18.8. The molecule has 2 rings (SSSR count). The summed E-state index contributed by atoms with van der Waals surface area (Å²) < 4.78 is 0. The first-order chi connectivity index (χ1) is 9.54. The zero-order chi connectivity index (χ0) is 14.5. The fourth-order valence-corrected chi connectivity index (χ4v) is 1.79. The lowest BCUT2D eigenvalue weighted by Crippen LogP contribution is -2.15. The number of nitrogens with two attached hydrogens (primary N) is 1. The topological polar surface area (TPSA) is 101 Å². The number of carboxylic acid groups (broad SMARTS) is 1. The predicted molar refractivity (Wildman–Crippen MR) is 75.9 cm³/mol. The van der Waals surface area contributed by atoms with Crippen molar-refractivity contribution >= 4 is 29.2 Å².